The van der Waals surface area contributed by atoms with Crippen LogP contribution in [-0.2, 0) is 6.54 Å². The topological polar surface area (TPSA) is 37.3 Å². The Hall–Kier alpha value is -2.90. The number of nitrogens with zero attached hydrogens (tertiary/aromatic N) is 2. The zero-order chi connectivity index (χ0) is 22.9. The Balaban J connectivity index is 1.15. The summed E-state index contributed by atoms with van der Waals surface area (Å²) in [5, 5.41) is 4.36. The standard InChI is InChI=1S/C26H26F3N3O/c27-20-5-7-22(28)18(14-20)2-1-11-30-21-9-12-31(13-10-21)15-19-16-32-24(33)8-4-17-3-6-23(29)25(19)26(17)32/h1-8,14,19,21,30H,9-13,15-16H2/b2-1+/t19-/m1/s1. The van der Waals surface area contributed by atoms with Gasteiger partial charge in [0.2, 0.25) is 0 Å². The van der Waals surface area contributed by atoms with Crippen LogP contribution >= 0.6 is 0 Å². The highest BCUT2D eigenvalue weighted by Crippen LogP contribution is 2.35. The maximum Gasteiger partial charge on any atom is 0.251 e. The van der Waals surface area contributed by atoms with Crippen molar-refractivity contribution in [2.45, 2.75) is 31.3 Å². The van der Waals surface area contributed by atoms with Gasteiger partial charge in [0.1, 0.15) is 17.5 Å². The lowest BCUT2D eigenvalue weighted by molar-refractivity contribution is 0.186. The first-order valence-corrected chi connectivity index (χ1v) is 11.4. The Morgan fingerprint density at radius 2 is 1.76 bits per heavy atom. The van der Waals surface area contributed by atoms with Gasteiger partial charge in [0, 0.05) is 48.8 Å². The monoisotopic (exact) mass is 453 g/mol. The summed E-state index contributed by atoms with van der Waals surface area (Å²) in [6, 6.07) is 10.3. The van der Waals surface area contributed by atoms with Crippen LogP contribution in [0.5, 0.6) is 0 Å². The maximum absolute atomic E-state index is 14.7. The number of aromatic nitrogens is 1. The molecule has 0 radical (unpaired) electrons. The molecule has 1 N–H and O–H groups in total. The minimum absolute atomic E-state index is 0.0302. The molecule has 172 valence electrons. The quantitative estimate of drug-likeness (QED) is 0.605. The number of nitrogens with one attached hydrogen (secondary N) is 1. The van der Waals surface area contributed by atoms with Crippen LogP contribution in [0.25, 0.3) is 17.0 Å². The molecule has 7 heteroatoms. The van der Waals surface area contributed by atoms with E-state index in [4.69, 9.17) is 0 Å². The normalized spacial score (nSPS) is 19.2. The average molecular weight is 454 g/mol. The van der Waals surface area contributed by atoms with Crippen molar-refractivity contribution in [3.8, 4) is 0 Å². The smallest absolute Gasteiger partial charge is 0.251 e. The van der Waals surface area contributed by atoms with Crippen LogP contribution in [0.1, 0.15) is 29.9 Å². The van der Waals surface area contributed by atoms with Gasteiger partial charge in [-0.25, -0.2) is 13.2 Å². The van der Waals surface area contributed by atoms with E-state index >= 15 is 0 Å². The second-order valence-electron chi connectivity index (χ2n) is 8.93. The molecular formula is C26H26F3N3O. The fraction of sp³-hybridized carbons (Fsp3) is 0.346. The molecule has 1 fully saturated rings. The predicted molar refractivity (Wildman–Crippen MR) is 124 cm³/mol. The van der Waals surface area contributed by atoms with Crippen LogP contribution in [-0.4, -0.2) is 41.7 Å². The second kappa shape index (κ2) is 9.15. The Morgan fingerprint density at radius 1 is 1.00 bits per heavy atom. The van der Waals surface area contributed by atoms with Crippen molar-refractivity contribution in [1.29, 1.82) is 0 Å². The first kappa shape index (κ1) is 21.9. The lowest BCUT2D eigenvalue weighted by atomic mass is 9.97. The summed E-state index contributed by atoms with van der Waals surface area (Å²) in [6.07, 6.45) is 5.31. The third-order valence-corrected chi connectivity index (χ3v) is 6.79. The first-order valence-electron chi connectivity index (χ1n) is 11.4. The van der Waals surface area contributed by atoms with Crippen molar-refractivity contribution in [2.75, 3.05) is 26.2 Å². The molecule has 3 heterocycles. The van der Waals surface area contributed by atoms with Crippen molar-refractivity contribution in [3.63, 3.8) is 0 Å². The van der Waals surface area contributed by atoms with Gasteiger partial charge < -0.3 is 14.8 Å². The second-order valence-corrected chi connectivity index (χ2v) is 8.93. The number of benzene rings is 2. The summed E-state index contributed by atoms with van der Waals surface area (Å²) in [4.78, 5) is 14.7. The Morgan fingerprint density at radius 3 is 2.58 bits per heavy atom. The molecule has 2 aromatic carbocycles. The molecule has 0 amide bonds. The fourth-order valence-electron chi connectivity index (χ4n) is 5.12. The summed E-state index contributed by atoms with van der Waals surface area (Å²) >= 11 is 0. The molecule has 4 nitrogen and oxygen atoms in total. The van der Waals surface area contributed by atoms with Gasteiger partial charge in [-0.3, -0.25) is 4.79 Å². The van der Waals surface area contributed by atoms with E-state index in [1.54, 1.807) is 34.9 Å². The summed E-state index contributed by atoms with van der Waals surface area (Å²) in [6.45, 7) is 3.60. The molecule has 1 atom stereocenters. The van der Waals surface area contributed by atoms with Gasteiger partial charge in [-0.2, -0.15) is 0 Å². The average Bonchev–Trinajstić information content (AvgIpc) is 3.20. The summed E-state index contributed by atoms with van der Waals surface area (Å²) in [5.41, 5.74) is 1.57. The van der Waals surface area contributed by atoms with E-state index in [-0.39, 0.29) is 22.9 Å². The van der Waals surface area contributed by atoms with E-state index < -0.39 is 11.6 Å². The maximum atomic E-state index is 14.7. The molecule has 2 aliphatic rings. The van der Waals surface area contributed by atoms with Crippen molar-refractivity contribution >= 4 is 17.0 Å². The van der Waals surface area contributed by atoms with Gasteiger partial charge in [0.25, 0.3) is 5.56 Å². The molecule has 0 unspecified atom stereocenters. The van der Waals surface area contributed by atoms with Gasteiger partial charge >= 0.3 is 0 Å². The minimum atomic E-state index is -0.456. The highest BCUT2D eigenvalue weighted by molar-refractivity contribution is 5.84. The number of hydrogen-bond donors (Lipinski definition) is 1. The van der Waals surface area contributed by atoms with Crippen molar-refractivity contribution in [2.24, 2.45) is 0 Å². The number of pyridine rings is 1. The lowest BCUT2D eigenvalue weighted by Crippen LogP contribution is -2.44. The van der Waals surface area contributed by atoms with Gasteiger partial charge in [-0.05, 0) is 67.7 Å². The molecule has 3 aromatic rings. The SMILES string of the molecule is O=c1ccc2ccc(F)c3c2n1C[C@H]3CN1CCC(NC/C=C/c2cc(F)ccc2F)CC1. The van der Waals surface area contributed by atoms with Crippen LogP contribution in [0.4, 0.5) is 13.2 Å². The first-order chi connectivity index (χ1) is 16.0. The van der Waals surface area contributed by atoms with E-state index in [2.05, 4.69) is 10.2 Å². The van der Waals surface area contributed by atoms with Gasteiger partial charge in [-0.15, -0.1) is 0 Å². The zero-order valence-electron chi connectivity index (χ0n) is 18.2. The van der Waals surface area contributed by atoms with Gasteiger partial charge in [0.15, 0.2) is 0 Å². The van der Waals surface area contributed by atoms with E-state index in [0.29, 0.717) is 24.7 Å². The van der Waals surface area contributed by atoms with Gasteiger partial charge in [-0.1, -0.05) is 12.2 Å². The van der Waals surface area contributed by atoms with Crippen LogP contribution in [0.3, 0.4) is 0 Å². The van der Waals surface area contributed by atoms with E-state index in [1.807, 2.05) is 0 Å². The van der Waals surface area contributed by atoms with Gasteiger partial charge in [0.05, 0.1) is 5.52 Å². The number of hydrogen-bond acceptors (Lipinski definition) is 3. The molecule has 0 bridgehead atoms. The van der Waals surface area contributed by atoms with E-state index in [0.717, 1.165) is 55.5 Å². The molecule has 1 aromatic heterocycles. The minimum Gasteiger partial charge on any atom is -0.310 e. The highest BCUT2D eigenvalue weighted by atomic mass is 19.1. The molecule has 33 heavy (non-hydrogen) atoms. The predicted octanol–water partition coefficient (Wildman–Crippen LogP) is 4.28. The third-order valence-electron chi connectivity index (χ3n) is 6.79. The number of rotatable bonds is 6. The Labute approximate surface area is 190 Å². The van der Waals surface area contributed by atoms with Crippen LogP contribution in [0, 0.1) is 17.5 Å². The van der Waals surface area contributed by atoms with E-state index in [1.165, 1.54) is 12.1 Å². The molecular weight excluding hydrogens is 427 g/mol. The third kappa shape index (κ3) is 4.48. The largest absolute Gasteiger partial charge is 0.310 e. The van der Waals surface area contributed by atoms with Crippen molar-refractivity contribution < 1.29 is 13.2 Å². The van der Waals surface area contributed by atoms with E-state index in [9.17, 15) is 18.0 Å². The Kier molecular flexibility index (Phi) is 6.08. The van der Waals surface area contributed by atoms with Crippen LogP contribution in [0.15, 0.2) is 53.3 Å². The van der Waals surface area contributed by atoms with Crippen LogP contribution < -0.4 is 10.9 Å². The fourth-order valence-corrected chi connectivity index (χ4v) is 5.12. The number of piperidine rings is 1. The molecule has 0 aliphatic carbocycles. The van der Waals surface area contributed by atoms with Crippen LogP contribution in [0.2, 0.25) is 0 Å². The zero-order valence-corrected chi connectivity index (χ0v) is 18.2. The lowest BCUT2D eigenvalue weighted by Gasteiger charge is -2.34. The number of likely N-dealkylation sites (tertiary alicyclic amines) is 1. The highest BCUT2D eigenvalue weighted by Gasteiger charge is 2.31. The molecule has 0 spiro atoms. The molecule has 0 saturated carbocycles. The van der Waals surface area contributed by atoms with Crippen molar-refractivity contribution in [3.05, 3.63) is 87.5 Å². The number of halogens is 3. The summed E-state index contributed by atoms with van der Waals surface area (Å²) in [5.74, 6) is -1.16. The van der Waals surface area contributed by atoms with Crippen molar-refractivity contribution in [1.82, 2.24) is 14.8 Å². The molecule has 5 rings (SSSR count). The Bertz CT molecular complexity index is 1260. The molecule has 2 aliphatic heterocycles. The summed E-state index contributed by atoms with van der Waals surface area (Å²) < 4.78 is 43.3. The molecule has 1 saturated heterocycles. The summed E-state index contributed by atoms with van der Waals surface area (Å²) in [7, 11) is 0.